The number of Topliss-reactive ketones (excluding diaryl/α,β-unsaturated/α-hetero) is 1. The Hall–Kier alpha value is -1.44. The number of carbonyl (C=O) groups excluding carboxylic acids is 1. The first-order chi connectivity index (χ1) is 6.09. The number of hydrogen-bond donors (Lipinski definition) is 0. The van der Waals surface area contributed by atoms with Gasteiger partial charge in [-0.05, 0) is 43.2 Å². The minimum absolute atomic E-state index is 0.0318. The average molecular weight is 178 g/mol. The van der Waals surface area contributed by atoms with Crippen molar-refractivity contribution < 1.29 is 9.18 Å². The highest BCUT2D eigenvalue weighted by Crippen LogP contribution is 2.08. The van der Waals surface area contributed by atoms with Crippen LogP contribution >= 0.6 is 0 Å². The van der Waals surface area contributed by atoms with Crippen LogP contribution in [-0.2, 0) is 4.79 Å². The third-order valence-electron chi connectivity index (χ3n) is 1.81. The normalized spacial score (nSPS) is 11.5. The van der Waals surface area contributed by atoms with E-state index in [2.05, 4.69) is 0 Å². The van der Waals surface area contributed by atoms with Gasteiger partial charge in [0.15, 0.2) is 5.78 Å². The summed E-state index contributed by atoms with van der Waals surface area (Å²) in [7, 11) is 0. The molecule has 0 fully saturated rings. The van der Waals surface area contributed by atoms with E-state index < -0.39 is 0 Å². The van der Waals surface area contributed by atoms with Crippen LogP contribution in [0, 0.1) is 5.82 Å². The van der Waals surface area contributed by atoms with Gasteiger partial charge in [0.05, 0.1) is 0 Å². The van der Waals surface area contributed by atoms with Crippen LogP contribution in [0.15, 0.2) is 29.8 Å². The number of halogens is 1. The summed E-state index contributed by atoms with van der Waals surface area (Å²) in [4.78, 5) is 10.9. The Morgan fingerprint density at radius 3 is 2.23 bits per heavy atom. The summed E-state index contributed by atoms with van der Waals surface area (Å²) in [5, 5.41) is 0. The molecule has 0 spiro atoms. The Morgan fingerprint density at radius 2 is 1.77 bits per heavy atom. The van der Waals surface area contributed by atoms with Crippen molar-refractivity contribution in [2.75, 3.05) is 0 Å². The van der Waals surface area contributed by atoms with E-state index in [1.807, 2.05) is 0 Å². The molecule has 1 nitrogen and oxygen atoms in total. The van der Waals surface area contributed by atoms with E-state index in [4.69, 9.17) is 0 Å². The summed E-state index contributed by atoms with van der Waals surface area (Å²) < 4.78 is 12.5. The van der Waals surface area contributed by atoms with Crippen LogP contribution in [0.3, 0.4) is 0 Å². The molecule has 0 aromatic heterocycles. The Balaban J connectivity index is 2.92. The molecule has 0 heterocycles. The number of allylic oxidation sites excluding steroid dienone is 1. The van der Waals surface area contributed by atoms with Crippen molar-refractivity contribution in [2.45, 2.75) is 13.8 Å². The highest BCUT2D eigenvalue weighted by Gasteiger charge is 1.96. The number of carbonyl (C=O) groups is 1. The molecule has 0 saturated carbocycles. The molecule has 0 bridgehead atoms. The first-order valence-electron chi connectivity index (χ1n) is 4.04. The van der Waals surface area contributed by atoms with E-state index in [0.29, 0.717) is 5.57 Å². The molecular weight excluding hydrogens is 167 g/mol. The fourth-order valence-electron chi connectivity index (χ4n) is 0.911. The SMILES string of the molecule is CC(=O)/C(C)=C\c1ccc(F)cc1. The highest BCUT2D eigenvalue weighted by molar-refractivity contribution is 5.97. The Labute approximate surface area is 76.9 Å². The van der Waals surface area contributed by atoms with Crippen LogP contribution in [0.25, 0.3) is 6.08 Å². The lowest BCUT2D eigenvalue weighted by molar-refractivity contribution is -0.113. The first kappa shape index (κ1) is 9.65. The zero-order valence-corrected chi connectivity index (χ0v) is 7.67. The van der Waals surface area contributed by atoms with E-state index in [0.717, 1.165) is 5.56 Å². The quantitative estimate of drug-likeness (QED) is 0.636. The van der Waals surface area contributed by atoms with Crippen LogP contribution in [0.2, 0.25) is 0 Å². The van der Waals surface area contributed by atoms with E-state index in [9.17, 15) is 9.18 Å². The zero-order valence-electron chi connectivity index (χ0n) is 7.67. The second-order valence-corrected chi connectivity index (χ2v) is 2.94. The predicted octanol–water partition coefficient (Wildman–Crippen LogP) is 2.82. The Morgan fingerprint density at radius 1 is 1.23 bits per heavy atom. The third-order valence-corrected chi connectivity index (χ3v) is 1.81. The van der Waals surface area contributed by atoms with Crippen molar-refractivity contribution in [3.63, 3.8) is 0 Å². The maximum atomic E-state index is 12.5. The summed E-state index contributed by atoms with van der Waals surface area (Å²) in [5.41, 5.74) is 1.51. The Kier molecular flexibility index (Phi) is 2.96. The minimum atomic E-state index is -0.266. The van der Waals surface area contributed by atoms with E-state index in [-0.39, 0.29) is 11.6 Å². The average Bonchev–Trinajstić information content (AvgIpc) is 2.08. The molecule has 68 valence electrons. The van der Waals surface area contributed by atoms with Gasteiger partial charge in [-0.25, -0.2) is 4.39 Å². The number of ketones is 1. The lowest BCUT2D eigenvalue weighted by Gasteiger charge is -1.95. The van der Waals surface area contributed by atoms with Gasteiger partial charge in [0.2, 0.25) is 0 Å². The van der Waals surface area contributed by atoms with Crippen LogP contribution in [0.5, 0.6) is 0 Å². The second kappa shape index (κ2) is 3.99. The van der Waals surface area contributed by atoms with Gasteiger partial charge in [-0.1, -0.05) is 12.1 Å². The molecular formula is C11H11FO. The van der Waals surface area contributed by atoms with Crippen molar-refractivity contribution in [3.05, 3.63) is 41.2 Å². The molecule has 1 aromatic rings. The fraction of sp³-hybridized carbons (Fsp3) is 0.182. The van der Waals surface area contributed by atoms with Crippen molar-refractivity contribution in [2.24, 2.45) is 0 Å². The van der Waals surface area contributed by atoms with Crippen LogP contribution in [0.4, 0.5) is 4.39 Å². The van der Waals surface area contributed by atoms with Gasteiger partial charge in [0.1, 0.15) is 5.82 Å². The largest absolute Gasteiger partial charge is 0.295 e. The molecule has 2 heteroatoms. The molecule has 0 unspecified atom stereocenters. The lowest BCUT2D eigenvalue weighted by atomic mass is 10.1. The summed E-state index contributed by atoms with van der Waals surface area (Å²) in [6.07, 6.45) is 1.74. The maximum Gasteiger partial charge on any atom is 0.155 e. The maximum absolute atomic E-state index is 12.5. The van der Waals surface area contributed by atoms with Gasteiger partial charge in [0, 0.05) is 0 Å². The molecule has 0 amide bonds. The molecule has 0 saturated heterocycles. The summed E-state index contributed by atoms with van der Waals surface area (Å²) in [6, 6.07) is 6.03. The predicted molar refractivity (Wildman–Crippen MR) is 50.7 cm³/mol. The topological polar surface area (TPSA) is 17.1 Å². The molecule has 1 rings (SSSR count). The summed E-state index contributed by atoms with van der Waals surface area (Å²) in [5.74, 6) is -0.234. The molecule has 13 heavy (non-hydrogen) atoms. The molecule has 0 aliphatic rings. The van der Waals surface area contributed by atoms with Gasteiger partial charge in [-0.3, -0.25) is 4.79 Å². The van der Waals surface area contributed by atoms with Gasteiger partial charge >= 0.3 is 0 Å². The van der Waals surface area contributed by atoms with Gasteiger partial charge in [-0.15, -0.1) is 0 Å². The Bertz CT molecular complexity index is 336. The van der Waals surface area contributed by atoms with Crippen molar-refractivity contribution in [1.82, 2.24) is 0 Å². The second-order valence-electron chi connectivity index (χ2n) is 2.94. The van der Waals surface area contributed by atoms with Gasteiger partial charge in [0.25, 0.3) is 0 Å². The van der Waals surface area contributed by atoms with Gasteiger partial charge < -0.3 is 0 Å². The standard InChI is InChI=1S/C11H11FO/c1-8(9(2)13)7-10-3-5-11(12)6-4-10/h3-7H,1-2H3/b8-7-. The number of hydrogen-bond acceptors (Lipinski definition) is 1. The first-order valence-corrected chi connectivity index (χ1v) is 4.04. The molecule has 0 aliphatic carbocycles. The summed E-state index contributed by atoms with van der Waals surface area (Å²) in [6.45, 7) is 3.25. The van der Waals surface area contributed by atoms with Crippen molar-refractivity contribution in [1.29, 1.82) is 0 Å². The molecule has 0 N–H and O–H groups in total. The smallest absolute Gasteiger partial charge is 0.155 e. The monoisotopic (exact) mass is 178 g/mol. The molecule has 1 aromatic carbocycles. The van der Waals surface area contributed by atoms with Crippen LogP contribution in [0.1, 0.15) is 19.4 Å². The fourth-order valence-corrected chi connectivity index (χ4v) is 0.911. The molecule has 0 aliphatic heterocycles. The van der Waals surface area contributed by atoms with E-state index >= 15 is 0 Å². The number of benzene rings is 1. The number of rotatable bonds is 2. The van der Waals surface area contributed by atoms with Gasteiger partial charge in [-0.2, -0.15) is 0 Å². The van der Waals surface area contributed by atoms with Crippen LogP contribution < -0.4 is 0 Å². The highest BCUT2D eigenvalue weighted by atomic mass is 19.1. The third kappa shape index (κ3) is 2.82. The van der Waals surface area contributed by atoms with Crippen molar-refractivity contribution in [3.8, 4) is 0 Å². The van der Waals surface area contributed by atoms with E-state index in [1.54, 1.807) is 25.1 Å². The summed E-state index contributed by atoms with van der Waals surface area (Å²) >= 11 is 0. The molecule has 0 radical (unpaired) electrons. The molecule has 0 atom stereocenters. The lowest BCUT2D eigenvalue weighted by Crippen LogP contribution is -1.90. The van der Waals surface area contributed by atoms with E-state index in [1.165, 1.54) is 19.1 Å². The van der Waals surface area contributed by atoms with Crippen molar-refractivity contribution >= 4 is 11.9 Å². The zero-order chi connectivity index (χ0) is 9.84. The van der Waals surface area contributed by atoms with Crippen LogP contribution in [-0.4, -0.2) is 5.78 Å². The minimum Gasteiger partial charge on any atom is -0.295 e.